The van der Waals surface area contributed by atoms with Crippen molar-refractivity contribution in [3.63, 3.8) is 0 Å². The highest BCUT2D eigenvalue weighted by Gasteiger charge is 2.17. The third-order valence-corrected chi connectivity index (χ3v) is 5.54. The van der Waals surface area contributed by atoms with Crippen molar-refractivity contribution in [3.05, 3.63) is 48.0 Å². The van der Waals surface area contributed by atoms with Gasteiger partial charge < -0.3 is 4.74 Å². The van der Waals surface area contributed by atoms with Gasteiger partial charge in [0, 0.05) is 0 Å². The van der Waals surface area contributed by atoms with Gasteiger partial charge in [-0.05, 0) is 36.4 Å². The Hall–Kier alpha value is -2.63. The lowest BCUT2D eigenvalue weighted by molar-refractivity contribution is 0.419. The van der Waals surface area contributed by atoms with Crippen LogP contribution in [0.25, 0.3) is 10.2 Å². The van der Waals surface area contributed by atoms with Gasteiger partial charge in [-0.1, -0.05) is 17.4 Å². The van der Waals surface area contributed by atoms with Crippen LogP contribution in [0.3, 0.4) is 0 Å². The van der Waals surface area contributed by atoms with E-state index in [-0.39, 0.29) is 10.0 Å². The van der Waals surface area contributed by atoms with Crippen molar-refractivity contribution in [2.24, 2.45) is 0 Å². The number of nitriles is 1. The van der Waals surface area contributed by atoms with Crippen LogP contribution in [0.2, 0.25) is 0 Å². The second kappa shape index (κ2) is 5.87. The van der Waals surface area contributed by atoms with Gasteiger partial charge in [0.1, 0.15) is 11.3 Å². The maximum Gasteiger partial charge on any atom is 0.263 e. The number of fused-ring (bicyclic) bond motifs is 1. The monoisotopic (exact) mass is 345 g/mol. The molecule has 0 saturated carbocycles. The third-order valence-electron chi connectivity index (χ3n) is 3.12. The Morgan fingerprint density at radius 3 is 2.61 bits per heavy atom. The van der Waals surface area contributed by atoms with Crippen LogP contribution in [-0.4, -0.2) is 20.5 Å². The zero-order chi connectivity index (χ0) is 16.4. The molecule has 1 aromatic heterocycles. The van der Waals surface area contributed by atoms with Crippen LogP contribution in [0.15, 0.2) is 47.4 Å². The van der Waals surface area contributed by atoms with Crippen LogP contribution < -0.4 is 9.46 Å². The van der Waals surface area contributed by atoms with Crippen molar-refractivity contribution in [3.8, 4) is 11.8 Å². The lowest BCUT2D eigenvalue weighted by Gasteiger charge is -2.04. The van der Waals surface area contributed by atoms with Crippen LogP contribution in [0.1, 0.15) is 5.56 Å². The number of methoxy groups -OCH3 is 1. The summed E-state index contributed by atoms with van der Waals surface area (Å²) >= 11 is 1.22. The van der Waals surface area contributed by atoms with Crippen molar-refractivity contribution in [1.29, 1.82) is 5.26 Å². The number of benzene rings is 2. The molecule has 0 spiro atoms. The number of ether oxygens (including phenoxy) is 1. The summed E-state index contributed by atoms with van der Waals surface area (Å²) in [5, 5.41) is 9.02. The molecule has 0 amide bonds. The van der Waals surface area contributed by atoms with E-state index in [1.807, 2.05) is 18.2 Å². The molecule has 3 aromatic rings. The Kier molecular flexibility index (Phi) is 3.90. The van der Waals surface area contributed by atoms with E-state index in [1.54, 1.807) is 6.07 Å². The molecule has 0 fully saturated rings. The average molecular weight is 345 g/mol. The molecule has 23 heavy (non-hydrogen) atoms. The molecule has 0 radical (unpaired) electrons. The Labute approximate surface area is 137 Å². The number of sulfonamides is 1. The van der Waals surface area contributed by atoms with Gasteiger partial charge in [-0.2, -0.15) is 5.26 Å². The molecule has 116 valence electrons. The molecule has 0 saturated heterocycles. The molecule has 6 nitrogen and oxygen atoms in total. The van der Waals surface area contributed by atoms with E-state index in [9.17, 15) is 8.42 Å². The van der Waals surface area contributed by atoms with Gasteiger partial charge in [-0.3, -0.25) is 4.72 Å². The highest BCUT2D eigenvalue weighted by atomic mass is 32.2. The Balaban J connectivity index is 1.95. The van der Waals surface area contributed by atoms with Gasteiger partial charge in [0.25, 0.3) is 10.0 Å². The first-order valence-corrected chi connectivity index (χ1v) is 8.80. The van der Waals surface area contributed by atoms with Crippen molar-refractivity contribution >= 4 is 36.7 Å². The Bertz CT molecular complexity index is 1000. The van der Waals surface area contributed by atoms with Crippen molar-refractivity contribution in [2.45, 2.75) is 4.90 Å². The number of nitrogens with one attached hydrogen (secondary N) is 1. The van der Waals surface area contributed by atoms with Gasteiger partial charge in [-0.15, -0.1) is 0 Å². The number of hydrogen-bond donors (Lipinski definition) is 1. The first-order chi connectivity index (χ1) is 11.0. The summed E-state index contributed by atoms with van der Waals surface area (Å²) in [7, 11) is -2.22. The van der Waals surface area contributed by atoms with E-state index in [2.05, 4.69) is 9.71 Å². The maximum atomic E-state index is 12.4. The van der Waals surface area contributed by atoms with Gasteiger partial charge in [0.15, 0.2) is 5.13 Å². The molecular weight excluding hydrogens is 334 g/mol. The van der Waals surface area contributed by atoms with E-state index in [0.29, 0.717) is 16.8 Å². The summed E-state index contributed by atoms with van der Waals surface area (Å²) in [6, 6.07) is 13.0. The summed E-state index contributed by atoms with van der Waals surface area (Å²) in [6.45, 7) is 0. The molecule has 1 heterocycles. The van der Waals surface area contributed by atoms with Gasteiger partial charge >= 0.3 is 0 Å². The Morgan fingerprint density at radius 2 is 1.96 bits per heavy atom. The fourth-order valence-corrected chi connectivity index (χ4v) is 4.13. The number of para-hydroxylation sites is 1. The smallest absolute Gasteiger partial charge is 0.263 e. The molecule has 0 aliphatic heterocycles. The number of anilines is 1. The maximum absolute atomic E-state index is 12.4. The zero-order valence-electron chi connectivity index (χ0n) is 12.0. The minimum Gasteiger partial charge on any atom is -0.494 e. The van der Waals surface area contributed by atoms with Crippen LogP contribution in [0, 0.1) is 11.3 Å². The minimum absolute atomic E-state index is 0.0720. The Morgan fingerprint density at radius 1 is 1.22 bits per heavy atom. The first kappa shape index (κ1) is 15.3. The number of rotatable bonds is 4. The van der Waals surface area contributed by atoms with Gasteiger partial charge in [0.05, 0.1) is 28.3 Å². The number of hydrogen-bond acceptors (Lipinski definition) is 6. The minimum atomic E-state index is -3.76. The van der Waals surface area contributed by atoms with Gasteiger partial charge in [-0.25, -0.2) is 13.4 Å². The average Bonchev–Trinajstić information content (AvgIpc) is 2.96. The standard InChI is InChI=1S/C15H11N3O3S2/c1-21-12-3-2-4-13-14(12)17-15(22-13)18-23(19,20)11-7-5-10(9-16)6-8-11/h2-8H,1H3,(H,17,18). The second-order valence-corrected chi connectivity index (χ2v) is 7.28. The zero-order valence-corrected chi connectivity index (χ0v) is 13.6. The molecule has 8 heteroatoms. The molecule has 0 unspecified atom stereocenters. The number of thiazole rings is 1. The summed E-state index contributed by atoms with van der Waals surface area (Å²) in [5.41, 5.74) is 1.01. The predicted octanol–water partition coefficient (Wildman–Crippen LogP) is 2.98. The molecule has 0 atom stereocenters. The molecular formula is C15H11N3O3S2. The van der Waals surface area contributed by atoms with E-state index in [4.69, 9.17) is 10.00 Å². The van der Waals surface area contributed by atoms with Crippen molar-refractivity contribution < 1.29 is 13.2 Å². The van der Waals surface area contributed by atoms with Crippen molar-refractivity contribution in [1.82, 2.24) is 4.98 Å². The largest absolute Gasteiger partial charge is 0.494 e. The molecule has 0 aliphatic carbocycles. The highest BCUT2D eigenvalue weighted by Crippen LogP contribution is 2.33. The van der Waals surface area contributed by atoms with E-state index in [1.165, 1.54) is 42.7 Å². The van der Waals surface area contributed by atoms with Crippen LogP contribution in [0.4, 0.5) is 5.13 Å². The van der Waals surface area contributed by atoms with E-state index in [0.717, 1.165) is 4.70 Å². The summed E-state index contributed by atoms with van der Waals surface area (Å²) < 4.78 is 33.2. The molecule has 2 aromatic carbocycles. The van der Waals surface area contributed by atoms with Crippen molar-refractivity contribution in [2.75, 3.05) is 11.8 Å². The SMILES string of the molecule is COc1cccc2sc(NS(=O)(=O)c3ccc(C#N)cc3)nc12. The molecule has 0 aliphatic rings. The lowest BCUT2D eigenvalue weighted by Crippen LogP contribution is -2.12. The first-order valence-electron chi connectivity index (χ1n) is 6.50. The third kappa shape index (κ3) is 2.97. The van der Waals surface area contributed by atoms with Crippen LogP contribution >= 0.6 is 11.3 Å². The van der Waals surface area contributed by atoms with Crippen LogP contribution in [0.5, 0.6) is 5.75 Å². The topological polar surface area (TPSA) is 92.1 Å². The lowest BCUT2D eigenvalue weighted by atomic mass is 10.2. The fourth-order valence-electron chi connectivity index (χ4n) is 2.01. The molecule has 0 bridgehead atoms. The van der Waals surface area contributed by atoms with Gasteiger partial charge in [0.2, 0.25) is 0 Å². The number of nitrogens with zero attached hydrogens (tertiary/aromatic N) is 2. The van der Waals surface area contributed by atoms with Crippen LogP contribution in [-0.2, 0) is 10.0 Å². The normalized spacial score (nSPS) is 11.1. The predicted molar refractivity (Wildman–Crippen MR) is 88.1 cm³/mol. The quantitative estimate of drug-likeness (QED) is 0.785. The fraction of sp³-hybridized carbons (Fsp3) is 0.0667. The molecule has 3 rings (SSSR count). The molecule has 1 N–H and O–H groups in total. The highest BCUT2D eigenvalue weighted by molar-refractivity contribution is 7.93. The summed E-state index contributed by atoms with van der Waals surface area (Å²) in [4.78, 5) is 4.35. The second-order valence-electron chi connectivity index (χ2n) is 4.57. The summed E-state index contributed by atoms with van der Waals surface area (Å²) in [5.74, 6) is 0.586. The van der Waals surface area contributed by atoms with E-state index < -0.39 is 10.0 Å². The van der Waals surface area contributed by atoms with E-state index >= 15 is 0 Å². The summed E-state index contributed by atoms with van der Waals surface area (Å²) in [6.07, 6.45) is 0. The number of aromatic nitrogens is 1.